The average molecular weight is 129 g/mol. The minimum atomic E-state index is 0.689. The second-order valence-electron chi connectivity index (χ2n) is 2.45. The zero-order valence-corrected chi connectivity index (χ0v) is 6.03. The van der Waals surface area contributed by atoms with E-state index in [9.17, 15) is 0 Å². The minimum Gasteiger partial charge on any atom is -0.176 e. The van der Waals surface area contributed by atoms with Crippen molar-refractivity contribution in [2.24, 2.45) is 0 Å². The van der Waals surface area contributed by atoms with Gasteiger partial charge in [-0.05, 0) is 25.7 Å². The third kappa shape index (κ3) is 2.08. The van der Waals surface area contributed by atoms with Crippen LogP contribution >= 0.6 is 12.6 Å². The summed E-state index contributed by atoms with van der Waals surface area (Å²) in [5.74, 6) is 0. The van der Waals surface area contributed by atoms with Gasteiger partial charge in [0.1, 0.15) is 0 Å². The highest BCUT2D eigenvalue weighted by Crippen LogP contribution is 2.19. The molecule has 0 aliphatic heterocycles. The quantitative estimate of drug-likeness (QED) is 0.377. The van der Waals surface area contributed by atoms with Crippen molar-refractivity contribution in [1.82, 2.24) is 0 Å². The maximum Gasteiger partial charge on any atom is 0.00169 e. The third-order valence-electron chi connectivity index (χ3n) is 1.65. The molecule has 0 amide bonds. The molecule has 0 heterocycles. The van der Waals surface area contributed by atoms with E-state index in [0.29, 0.717) is 5.25 Å². The normalized spacial score (nSPS) is 25.1. The SMILES string of the molecule is SC1CC[CH]CCC1. The molecular formula is C7H13S. The Hall–Kier alpha value is 0.350. The first-order valence-electron chi connectivity index (χ1n) is 3.39. The van der Waals surface area contributed by atoms with Gasteiger partial charge in [0.2, 0.25) is 0 Å². The van der Waals surface area contributed by atoms with Crippen molar-refractivity contribution in [3.05, 3.63) is 6.42 Å². The predicted molar refractivity (Wildman–Crippen MR) is 40.2 cm³/mol. The molecule has 1 atom stereocenters. The van der Waals surface area contributed by atoms with Crippen LogP contribution in [0.3, 0.4) is 0 Å². The summed E-state index contributed by atoms with van der Waals surface area (Å²) in [6.45, 7) is 0. The zero-order valence-electron chi connectivity index (χ0n) is 5.14. The van der Waals surface area contributed by atoms with Gasteiger partial charge >= 0.3 is 0 Å². The summed E-state index contributed by atoms with van der Waals surface area (Å²) in [7, 11) is 0. The van der Waals surface area contributed by atoms with E-state index in [0.717, 1.165) is 0 Å². The van der Waals surface area contributed by atoms with Gasteiger partial charge in [0.15, 0.2) is 0 Å². The van der Waals surface area contributed by atoms with Gasteiger partial charge in [0.05, 0.1) is 0 Å². The first kappa shape index (κ1) is 6.47. The van der Waals surface area contributed by atoms with Crippen molar-refractivity contribution in [2.45, 2.75) is 37.4 Å². The van der Waals surface area contributed by atoms with Crippen molar-refractivity contribution in [3.63, 3.8) is 0 Å². The summed E-state index contributed by atoms with van der Waals surface area (Å²) in [6, 6.07) is 0. The summed E-state index contributed by atoms with van der Waals surface area (Å²) in [4.78, 5) is 0. The van der Waals surface area contributed by atoms with E-state index in [1.807, 2.05) is 0 Å². The highest BCUT2D eigenvalue weighted by molar-refractivity contribution is 7.80. The molecule has 8 heavy (non-hydrogen) atoms. The fourth-order valence-corrected chi connectivity index (χ4v) is 1.43. The van der Waals surface area contributed by atoms with Crippen molar-refractivity contribution < 1.29 is 0 Å². The molecular weight excluding hydrogens is 116 g/mol. The Morgan fingerprint density at radius 2 is 2.12 bits per heavy atom. The van der Waals surface area contributed by atoms with Crippen LogP contribution in [-0.4, -0.2) is 5.25 Å². The second kappa shape index (κ2) is 3.39. The fraction of sp³-hybridized carbons (Fsp3) is 0.857. The van der Waals surface area contributed by atoms with Gasteiger partial charge < -0.3 is 0 Å². The van der Waals surface area contributed by atoms with Gasteiger partial charge in [0.25, 0.3) is 0 Å². The number of hydrogen-bond donors (Lipinski definition) is 1. The summed E-state index contributed by atoms with van der Waals surface area (Å²) < 4.78 is 0. The lowest BCUT2D eigenvalue weighted by Gasteiger charge is -2.01. The molecule has 0 aromatic heterocycles. The first-order chi connectivity index (χ1) is 3.89. The molecule has 0 bridgehead atoms. The summed E-state index contributed by atoms with van der Waals surface area (Å²) >= 11 is 4.41. The fourth-order valence-electron chi connectivity index (χ4n) is 1.10. The lowest BCUT2D eigenvalue weighted by Crippen LogP contribution is -1.93. The average Bonchev–Trinajstić information content (AvgIpc) is 1.94. The van der Waals surface area contributed by atoms with Gasteiger partial charge in [-0.25, -0.2) is 0 Å². The van der Waals surface area contributed by atoms with Crippen molar-refractivity contribution >= 4 is 12.6 Å². The molecule has 1 rings (SSSR count). The van der Waals surface area contributed by atoms with E-state index in [1.54, 1.807) is 0 Å². The van der Waals surface area contributed by atoms with Crippen LogP contribution in [0.25, 0.3) is 0 Å². The number of rotatable bonds is 0. The van der Waals surface area contributed by atoms with Crippen LogP contribution in [0.5, 0.6) is 0 Å². The topological polar surface area (TPSA) is 0 Å². The highest BCUT2D eigenvalue weighted by Gasteiger charge is 2.06. The molecule has 1 saturated carbocycles. The van der Waals surface area contributed by atoms with Crippen LogP contribution in [-0.2, 0) is 0 Å². The maximum absolute atomic E-state index is 4.41. The largest absolute Gasteiger partial charge is 0.176 e. The summed E-state index contributed by atoms with van der Waals surface area (Å²) in [6.07, 6.45) is 8.96. The highest BCUT2D eigenvalue weighted by atomic mass is 32.1. The van der Waals surface area contributed by atoms with Gasteiger partial charge in [-0.15, -0.1) is 0 Å². The van der Waals surface area contributed by atoms with E-state index in [1.165, 1.54) is 32.1 Å². The molecule has 1 fully saturated rings. The lowest BCUT2D eigenvalue weighted by molar-refractivity contribution is 0.723. The van der Waals surface area contributed by atoms with Crippen molar-refractivity contribution in [3.8, 4) is 0 Å². The molecule has 0 aromatic carbocycles. The lowest BCUT2D eigenvalue weighted by atomic mass is 10.2. The monoisotopic (exact) mass is 129 g/mol. The van der Waals surface area contributed by atoms with Gasteiger partial charge in [-0.1, -0.05) is 12.8 Å². The number of hydrogen-bond acceptors (Lipinski definition) is 1. The molecule has 1 aliphatic carbocycles. The van der Waals surface area contributed by atoms with Gasteiger partial charge in [-0.2, -0.15) is 12.6 Å². The Bertz CT molecular complexity index is 53.4. The van der Waals surface area contributed by atoms with E-state index >= 15 is 0 Å². The molecule has 0 aromatic rings. The molecule has 1 aliphatic rings. The van der Waals surface area contributed by atoms with Crippen LogP contribution < -0.4 is 0 Å². The molecule has 0 saturated heterocycles. The molecule has 47 valence electrons. The smallest absolute Gasteiger partial charge is 0.00169 e. The van der Waals surface area contributed by atoms with Crippen LogP contribution in [0.1, 0.15) is 32.1 Å². The predicted octanol–water partition coefficient (Wildman–Crippen LogP) is 2.45. The minimum absolute atomic E-state index is 0.689. The van der Waals surface area contributed by atoms with E-state index in [4.69, 9.17) is 0 Å². The Morgan fingerprint density at radius 1 is 1.25 bits per heavy atom. The molecule has 1 unspecified atom stereocenters. The molecule has 1 radical (unpaired) electrons. The van der Waals surface area contributed by atoms with Crippen LogP contribution in [0, 0.1) is 6.42 Å². The number of thiol groups is 1. The Morgan fingerprint density at radius 3 is 3.00 bits per heavy atom. The van der Waals surface area contributed by atoms with Crippen LogP contribution in [0.4, 0.5) is 0 Å². The van der Waals surface area contributed by atoms with Gasteiger partial charge in [-0.3, -0.25) is 0 Å². The third-order valence-corrected chi connectivity index (χ3v) is 2.17. The molecule has 0 spiro atoms. The Kier molecular flexibility index (Phi) is 2.74. The van der Waals surface area contributed by atoms with Crippen molar-refractivity contribution in [2.75, 3.05) is 0 Å². The molecule has 0 N–H and O–H groups in total. The maximum atomic E-state index is 4.41. The Balaban J connectivity index is 2.17. The van der Waals surface area contributed by atoms with Crippen LogP contribution in [0.15, 0.2) is 0 Å². The zero-order chi connectivity index (χ0) is 5.82. The molecule has 1 heteroatoms. The molecule has 0 nitrogen and oxygen atoms in total. The first-order valence-corrected chi connectivity index (χ1v) is 3.91. The van der Waals surface area contributed by atoms with E-state index < -0.39 is 0 Å². The van der Waals surface area contributed by atoms with Crippen LogP contribution in [0.2, 0.25) is 0 Å². The Labute approximate surface area is 57.1 Å². The summed E-state index contributed by atoms with van der Waals surface area (Å²) in [5.41, 5.74) is 0. The summed E-state index contributed by atoms with van der Waals surface area (Å²) in [5, 5.41) is 0.689. The van der Waals surface area contributed by atoms with Gasteiger partial charge in [0, 0.05) is 5.25 Å². The standard InChI is InChI=1S/C7H13S/c8-7-5-3-1-2-4-6-7/h1,7-8H,2-6H2. The van der Waals surface area contributed by atoms with E-state index in [2.05, 4.69) is 19.0 Å². The second-order valence-corrected chi connectivity index (χ2v) is 3.18. The van der Waals surface area contributed by atoms with E-state index in [-0.39, 0.29) is 0 Å². The van der Waals surface area contributed by atoms with Crippen molar-refractivity contribution in [1.29, 1.82) is 0 Å².